The summed E-state index contributed by atoms with van der Waals surface area (Å²) in [6, 6.07) is 59.6. The van der Waals surface area contributed by atoms with E-state index < -0.39 is 0 Å². The molecular formula is C45H27N3S. The molecule has 0 bridgehead atoms. The smallest absolute Gasteiger partial charge is 0.195 e. The van der Waals surface area contributed by atoms with Crippen LogP contribution in [0.3, 0.4) is 0 Å². The molecule has 11 rings (SSSR count). The number of aromatic nitrogens is 3. The van der Waals surface area contributed by atoms with Gasteiger partial charge in [0.1, 0.15) is 0 Å². The molecule has 0 aliphatic rings. The third-order valence-corrected chi connectivity index (χ3v) is 11.2. The minimum atomic E-state index is 0.993. The van der Waals surface area contributed by atoms with Crippen LogP contribution in [0.4, 0.5) is 0 Å². The molecule has 0 saturated heterocycles. The summed E-state index contributed by atoms with van der Waals surface area (Å²) in [5, 5.41) is 11.0. The lowest BCUT2D eigenvalue weighted by atomic mass is 9.97. The van der Waals surface area contributed by atoms with Gasteiger partial charge in [0, 0.05) is 26.9 Å². The van der Waals surface area contributed by atoms with Crippen molar-refractivity contribution in [3.05, 3.63) is 164 Å². The van der Waals surface area contributed by atoms with E-state index in [1.165, 1.54) is 86.7 Å². The predicted molar refractivity (Wildman–Crippen MR) is 209 cm³/mol. The van der Waals surface area contributed by atoms with Crippen LogP contribution in [0.15, 0.2) is 164 Å². The van der Waals surface area contributed by atoms with Gasteiger partial charge in [0.25, 0.3) is 0 Å². The van der Waals surface area contributed by atoms with Gasteiger partial charge < -0.3 is 4.57 Å². The Balaban J connectivity index is 1.19. The molecule has 3 nitrogen and oxygen atoms in total. The van der Waals surface area contributed by atoms with Gasteiger partial charge in [-0.1, -0.05) is 127 Å². The largest absolute Gasteiger partial charge is 0.309 e. The standard InChI is InChI=1S/C45H27N3S/c1-2-13-30-28(12-1)27-42(33-15-4-3-14-32(30)33)47-39-21-9-6-17-35(39)44-31(18-11-22-41(44)47)29-24-25-40-36(26-29)34-16-5-8-20-38(34)48(40)45-46-37-19-7-10-23-43(37)49-45/h1-27H. The average molecular weight is 642 g/mol. The third kappa shape index (κ3) is 3.80. The zero-order valence-corrected chi connectivity index (χ0v) is 27.2. The molecule has 0 atom stereocenters. The SMILES string of the molecule is c1ccc2c(c1)cc(-n1c3ccccc3c3c(-c4ccc5c(c4)c4ccccc4n5-c4nc5ccccc5s4)cccc31)c1ccccc12. The van der Waals surface area contributed by atoms with Crippen molar-refractivity contribution in [2.45, 2.75) is 0 Å². The van der Waals surface area contributed by atoms with E-state index in [4.69, 9.17) is 4.98 Å². The maximum atomic E-state index is 5.06. The van der Waals surface area contributed by atoms with Gasteiger partial charge in [-0.05, 0) is 75.8 Å². The van der Waals surface area contributed by atoms with Crippen molar-refractivity contribution < 1.29 is 0 Å². The van der Waals surface area contributed by atoms with Gasteiger partial charge in [-0.3, -0.25) is 4.57 Å². The van der Waals surface area contributed by atoms with Crippen molar-refractivity contribution in [3.63, 3.8) is 0 Å². The molecule has 0 amide bonds. The van der Waals surface area contributed by atoms with Crippen LogP contribution in [-0.2, 0) is 0 Å². The summed E-state index contributed by atoms with van der Waals surface area (Å²) in [5.74, 6) is 0. The van der Waals surface area contributed by atoms with Gasteiger partial charge in [-0.2, -0.15) is 0 Å². The Labute approximate surface area is 285 Å². The summed E-state index contributed by atoms with van der Waals surface area (Å²) in [6.07, 6.45) is 0. The third-order valence-electron chi connectivity index (χ3n) is 10.1. The second-order valence-electron chi connectivity index (χ2n) is 12.8. The lowest BCUT2D eigenvalue weighted by Gasteiger charge is -2.14. The van der Waals surface area contributed by atoms with Crippen LogP contribution < -0.4 is 0 Å². The number of rotatable bonds is 3. The monoisotopic (exact) mass is 641 g/mol. The molecule has 0 aliphatic carbocycles. The van der Waals surface area contributed by atoms with E-state index >= 15 is 0 Å². The molecule has 3 aromatic heterocycles. The highest BCUT2D eigenvalue weighted by Crippen LogP contribution is 2.43. The van der Waals surface area contributed by atoms with Gasteiger partial charge in [0.05, 0.1) is 38.0 Å². The lowest BCUT2D eigenvalue weighted by molar-refractivity contribution is 1.15. The highest BCUT2D eigenvalue weighted by molar-refractivity contribution is 7.20. The van der Waals surface area contributed by atoms with E-state index in [9.17, 15) is 0 Å². The predicted octanol–water partition coefficient (Wildman–Crippen LogP) is 12.5. The second-order valence-corrected chi connectivity index (χ2v) is 13.8. The summed E-state index contributed by atoms with van der Waals surface area (Å²) in [7, 11) is 0. The summed E-state index contributed by atoms with van der Waals surface area (Å²) in [4.78, 5) is 5.06. The first-order valence-corrected chi connectivity index (χ1v) is 17.5. The molecule has 11 aromatic rings. The van der Waals surface area contributed by atoms with Crippen LogP contribution in [0.5, 0.6) is 0 Å². The Kier molecular flexibility index (Phi) is 5.54. The topological polar surface area (TPSA) is 22.8 Å². The van der Waals surface area contributed by atoms with Crippen molar-refractivity contribution in [2.24, 2.45) is 0 Å². The number of nitrogens with zero attached hydrogens (tertiary/aromatic N) is 3. The highest BCUT2D eigenvalue weighted by atomic mass is 32.1. The van der Waals surface area contributed by atoms with Gasteiger partial charge in [-0.25, -0.2) is 4.98 Å². The zero-order valence-electron chi connectivity index (χ0n) is 26.3. The molecular weight excluding hydrogens is 615 g/mol. The highest BCUT2D eigenvalue weighted by Gasteiger charge is 2.20. The van der Waals surface area contributed by atoms with Gasteiger partial charge in [0.15, 0.2) is 5.13 Å². The van der Waals surface area contributed by atoms with Crippen molar-refractivity contribution >= 4 is 86.7 Å². The van der Waals surface area contributed by atoms with E-state index in [-0.39, 0.29) is 0 Å². The van der Waals surface area contributed by atoms with E-state index in [0.717, 1.165) is 10.6 Å². The number of hydrogen-bond donors (Lipinski definition) is 0. The van der Waals surface area contributed by atoms with Crippen LogP contribution in [-0.4, -0.2) is 14.1 Å². The first-order valence-electron chi connectivity index (χ1n) is 16.6. The van der Waals surface area contributed by atoms with Gasteiger partial charge >= 0.3 is 0 Å². The van der Waals surface area contributed by atoms with Crippen molar-refractivity contribution in [3.8, 4) is 21.9 Å². The molecule has 228 valence electrons. The molecule has 0 spiro atoms. The Morgan fingerprint density at radius 3 is 1.94 bits per heavy atom. The normalized spacial score (nSPS) is 12.1. The minimum absolute atomic E-state index is 0.993. The van der Waals surface area contributed by atoms with Crippen molar-refractivity contribution in [1.82, 2.24) is 14.1 Å². The first kappa shape index (κ1) is 26.8. The van der Waals surface area contributed by atoms with Crippen LogP contribution in [0, 0.1) is 0 Å². The molecule has 4 heteroatoms. The molecule has 0 unspecified atom stereocenters. The summed E-state index contributed by atoms with van der Waals surface area (Å²) in [5.41, 5.74) is 9.43. The van der Waals surface area contributed by atoms with E-state index in [1.54, 1.807) is 11.3 Å². The summed E-state index contributed by atoms with van der Waals surface area (Å²) < 4.78 is 6.00. The molecule has 49 heavy (non-hydrogen) atoms. The fourth-order valence-corrected chi connectivity index (χ4v) is 9.03. The Morgan fingerprint density at radius 2 is 1.08 bits per heavy atom. The first-order chi connectivity index (χ1) is 24.3. The van der Waals surface area contributed by atoms with Crippen LogP contribution in [0.25, 0.3) is 97.3 Å². The Morgan fingerprint density at radius 1 is 0.429 bits per heavy atom. The fraction of sp³-hybridized carbons (Fsp3) is 0. The molecule has 8 aromatic carbocycles. The quantitative estimate of drug-likeness (QED) is 0.176. The average Bonchev–Trinajstić information content (AvgIpc) is 3.84. The van der Waals surface area contributed by atoms with Crippen molar-refractivity contribution in [2.75, 3.05) is 0 Å². The molecule has 0 radical (unpaired) electrons. The Hall–Kier alpha value is -6.23. The Bertz CT molecular complexity index is 3090. The summed E-state index contributed by atoms with van der Waals surface area (Å²) >= 11 is 1.74. The number of fused-ring (bicyclic) bond motifs is 10. The molecule has 3 heterocycles. The van der Waals surface area contributed by atoms with Gasteiger partial charge in [-0.15, -0.1) is 0 Å². The number of para-hydroxylation sites is 3. The maximum absolute atomic E-state index is 5.06. The molecule has 0 aliphatic heterocycles. The van der Waals surface area contributed by atoms with E-state index in [2.05, 4.69) is 173 Å². The zero-order chi connectivity index (χ0) is 32.1. The molecule has 0 saturated carbocycles. The van der Waals surface area contributed by atoms with E-state index in [1.807, 2.05) is 0 Å². The number of hydrogen-bond acceptors (Lipinski definition) is 2. The fourth-order valence-electron chi connectivity index (χ4n) is 8.04. The lowest BCUT2D eigenvalue weighted by Crippen LogP contribution is -1.96. The van der Waals surface area contributed by atoms with E-state index in [0.29, 0.717) is 0 Å². The number of benzene rings is 8. The molecule has 0 fully saturated rings. The van der Waals surface area contributed by atoms with Gasteiger partial charge in [0.2, 0.25) is 0 Å². The molecule has 0 N–H and O–H groups in total. The second kappa shape index (κ2) is 10.1. The van der Waals surface area contributed by atoms with Crippen LogP contribution >= 0.6 is 11.3 Å². The van der Waals surface area contributed by atoms with Crippen LogP contribution in [0.2, 0.25) is 0 Å². The number of thiazole rings is 1. The maximum Gasteiger partial charge on any atom is 0.195 e. The minimum Gasteiger partial charge on any atom is -0.309 e. The van der Waals surface area contributed by atoms with Crippen molar-refractivity contribution in [1.29, 1.82) is 0 Å². The van der Waals surface area contributed by atoms with Crippen LogP contribution in [0.1, 0.15) is 0 Å². The summed E-state index contributed by atoms with van der Waals surface area (Å²) in [6.45, 7) is 0.